The number of hydrogen-bond acceptors (Lipinski definition) is 5. The number of carbonyl (C=O) groups excluding carboxylic acids is 2. The van der Waals surface area contributed by atoms with Crippen molar-refractivity contribution >= 4 is 29.1 Å². The average Bonchev–Trinajstić information content (AvgIpc) is 3.12. The van der Waals surface area contributed by atoms with Gasteiger partial charge in [0.15, 0.2) is 0 Å². The van der Waals surface area contributed by atoms with Crippen LogP contribution < -0.4 is 5.32 Å². The summed E-state index contributed by atoms with van der Waals surface area (Å²) in [6.07, 6.45) is 5.96. The van der Waals surface area contributed by atoms with Crippen LogP contribution in [-0.2, 0) is 20.8 Å². The number of nitrogens with one attached hydrogen (secondary N) is 1. The highest BCUT2D eigenvalue weighted by Gasteiger charge is 2.33. The lowest BCUT2D eigenvalue weighted by Crippen LogP contribution is -2.53. The molecule has 0 aromatic carbocycles. The molecule has 0 spiro atoms. The fourth-order valence-electron chi connectivity index (χ4n) is 3.01. The third-order valence-corrected chi connectivity index (χ3v) is 5.35. The van der Waals surface area contributed by atoms with Crippen LogP contribution in [0.1, 0.15) is 24.6 Å². The Kier molecular flexibility index (Phi) is 7.18. The van der Waals surface area contributed by atoms with E-state index in [2.05, 4.69) is 5.32 Å². The lowest BCUT2D eigenvalue weighted by molar-refractivity contribution is -0.150. The molecule has 2 rings (SSSR count). The number of hydrogen-bond donors (Lipinski definition) is 3. The fraction of sp³-hybridized carbons (Fsp3) is 0.421. The number of carbonyl (C=O) groups is 3. The number of carboxylic acids is 1. The SMILES string of the molecule is CC(=O)N[C@@H](Cc1cccs1)C(=O)N(C)[C@@H](CC1C=CC(O)=CC1)C(=O)O. The molecule has 1 unspecified atom stereocenters. The van der Waals surface area contributed by atoms with Gasteiger partial charge in [-0.15, -0.1) is 11.3 Å². The zero-order valence-electron chi connectivity index (χ0n) is 15.3. The summed E-state index contributed by atoms with van der Waals surface area (Å²) in [5, 5.41) is 23.5. The van der Waals surface area contributed by atoms with Crippen molar-refractivity contribution in [1.29, 1.82) is 0 Å². The molecular formula is C19H24N2O5S. The molecule has 3 atom stereocenters. The van der Waals surface area contributed by atoms with E-state index in [4.69, 9.17) is 0 Å². The quantitative estimate of drug-likeness (QED) is 0.628. The summed E-state index contributed by atoms with van der Waals surface area (Å²) in [5.74, 6) is -1.82. The molecule has 1 heterocycles. The van der Waals surface area contributed by atoms with Gasteiger partial charge in [-0.05, 0) is 42.4 Å². The fourth-order valence-corrected chi connectivity index (χ4v) is 3.77. The Balaban J connectivity index is 2.11. The third kappa shape index (κ3) is 5.96. The first-order valence-electron chi connectivity index (χ1n) is 8.64. The first-order chi connectivity index (χ1) is 12.8. The Morgan fingerprint density at radius 3 is 2.67 bits per heavy atom. The molecule has 3 N–H and O–H groups in total. The van der Waals surface area contributed by atoms with Crippen molar-refractivity contribution in [2.24, 2.45) is 5.92 Å². The number of aliphatic hydroxyl groups is 1. The highest BCUT2D eigenvalue weighted by molar-refractivity contribution is 7.09. The van der Waals surface area contributed by atoms with Crippen molar-refractivity contribution in [3.63, 3.8) is 0 Å². The van der Waals surface area contributed by atoms with Crippen LogP contribution in [0, 0.1) is 5.92 Å². The number of allylic oxidation sites excluding steroid dienone is 3. The van der Waals surface area contributed by atoms with Crippen molar-refractivity contribution in [3.05, 3.63) is 46.4 Å². The van der Waals surface area contributed by atoms with Crippen LogP contribution >= 0.6 is 11.3 Å². The third-order valence-electron chi connectivity index (χ3n) is 4.46. The monoisotopic (exact) mass is 392 g/mol. The molecule has 1 aromatic rings. The van der Waals surface area contributed by atoms with Gasteiger partial charge in [-0.3, -0.25) is 9.59 Å². The molecule has 1 aromatic heterocycles. The van der Waals surface area contributed by atoms with Crippen LogP contribution in [0.15, 0.2) is 41.5 Å². The van der Waals surface area contributed by atoms with Gasteiger partial charge in [0.05, 0.1) is 0 Å². The Morgan fingerprint density at radius 1 is 1.41 bits per heavy atom. The number of thiophene rings is 1. The minimum atomic E-state index is -1.10. The van der Waals surface area contributed by atoms with E-state index in [1.165, 1.54) is 36.3 Å². The van der Waals surface area contributed by atoms with Gasteiger partial charge in [0, 0.05) is 25.3 Å². The molecule has 7 nitrogen and oxygen atoms in total. The van der Waals surface area contributed by atoms with E-state index >= 15 is 0 Å². The number of amides is 2. The zero-order valence-corrected chi connectivity index (χ0v) is 16.1. The van der Waals surface area contributed by atoms with Crippen LogP contribution in [0.3, 0.4) is 0 Å². The predicted octanol–water partition coefficient (Wildman–Crippen LogP) is 2.11. The molecule has 146 valence electrons. The summed E-state index contributed by atoms with van der Waals surface area (Å²) in [7, 11) is 1.45. The predicted molar refractivity (Wildman–Crippen MR) is 102 cm³/mol. The van der Waals surface area contributed by atoms with Crippen LogP contribution in [0.2, 0.25) is 0 Å². The normalized spacial score (nSPS) is 18.3. The maximum atomic E-state index is 12.9. The molecule has 0 fully saturated rings. The van der Waals surface area contributed by atoms with Gasteiger partial charge in [0.25, 0.3) is 0 Å². The molecule has 0 saturated carbocycles. The number of likely N-dealkylation sites (N-methyl/N-ethyl adjacent to an activating group) is 1. The van der Waals surface area contributed by atoms with Gasteiger partial charge in [0.2, 0.25) is 11.8 Å². The lowest BCUT2D eigenvalue weighted by atomic mass is 9.92. The Labute approximate surface area is 162 Å². The topological polar surface area (TPSA) is 107 Å². The molecular weight excluding hydrogens is 368 g/mol. The maximum Gasteiger partial charge on any atom is 0.326 e. The van der Waals surface area contributed by atoms with Crippen LogP contribution in [0.5, 0.6) is 0 Å². The van der Waals surface area contributed by atoms with Gasteiger partial charge in [-0.2, -0.15) is 0 Å². The van der Waals surface area contributed by atoms with Crippen LogP contribution in [0.25, 0.3) is 0 Å². The summed E-state index contributed by atoms with van der Waals surface area (Å²) < 4.78 is 0. The largest absolute Gasteiger partial charge is 0.508 e. The molecule has 27 heavy (non-hydrogen) atoms. The van der Waals surface area contributed by atoms with Crippen molar-refractivity contribution in [2.45, 2.75) is 38.3 Å². The number of nitrogens with zero attached hydrogens (tertiary/aromatic N) is 1. The van der Waals surface area contributed by atoms with Crippen molar-refractivity contribution in [3.8, 4) is 0 Å². The maximum absolute atomic E-state index is 12.9. The minimum Gasteiger partial charge on any atom is -0.508 e. The molecule has 8 heteroatoms. The van der Waals surface area contributed by atoms with Crippen LogP contribution in [-0.4, -0.2) is 52.0 Å². The van der Waals surface area contributed by atoms with E-state index < -0.39 is 24.0 Å². The van der Waals surface area contributed by atoms with Crippen molar-refractivity contribution < 1.29 is 24.6 Å². The van der Waals surface area contributed by atoms with E-state index in [0.717, 1.165) is 4.88 Å². The number of aliphatic hydroxyl groups excluding tert-OH is 1. The second-order valence-electron chi connectivity index (χ2n) is 6.56. The van der Waals surface area contributed by atoms with Gasteiger partial charge in [0.1, 0.15) is 17.8 Å². The van der Waals surface area contributed by atoms with Crippen LogP contribution in [0.4, 0.5) is 0 Å². The first-order valence-corrected chi connectivity index (χ1v) is 9.52. The lowest BCUT2D eigenvalue weighted by Gasteiger charge is -2.30. The van der Waals surface area contributed by atoms with E-state index in [9.17, 15) is 24.6 Å². The molecule has 0 bridgehead atoms. The smallest absolute Gasteiger partial charge is 0.326 e. The van der Waals surface area contributed by atoms with Crippen molar-refractivity contribution in [1.82, 2.24) is 10.2 Å². The summed E-state index contributed by atoms with van der Waals surface area (Å²) in [6.45, 7) is 1.33. The highest BCUT2D eigenvalue weighted by atomic mass is 32.1. The molecule has 0 saturated heterocycles. The summed E-state index contributed by atoms with van der Waals surface area (Å²) in [4.78, 5) is 38.4. The van der Waals surface area contributed by atoms with E-state index in [-0.39, 0.29) is 24.0 Å². The zero-order chi connectivity index (χ0) is 20.0. The van der Waals surface area contributed by atoms with Gasteiger partial charge in [-0.25, -0.2) is 4.79 Å². The van der Waals surface area contributed by atoms with E-state index in [1.807, 2.05) is 17.5 Å². The average molecular weight is 392 g/mol. The minimum absolute atomic E-state index is 0.0891. The van der Waals surface area contributed by atoms with E-state index in [0.29, 0.717) is 12.8 Å². The Bertz CT molecular complexity index is 741. The second kappa shape index (κ2) is 9.36. The molecule has 1 aliphatic rings. The first kappa shape index (κ1) is 20.7. The molecule has 0 aliphatic heterocycles. The molecule has 1 aliphatic carbocycles. The molecule has 2 amide bonds. The summed E-state index contributed by atoms with van der Waals surface area (Å²) >= 11 is 1.47. The second-order valence-corrected chi connectivity index (χ2v) is 7.59. The summed E-state index contributed by atoms with van der Waals surface area (Å²) in [5.41, 5.74) is 0. The Morgan fingerprint density at radius 2 is 2.15 bits per heavy atom. The van der Waals surface area contributed by atoms with Gasteiger partial charge in [-0.1, -0.05) is 12.1 Å². The summed E-state index contributed by atoms with van der Waals surface area (Å²) in [6, 6.07) is 1.88. The van der Waals surface area contributed by atoms with Crippen molar-refractivity contribution in [2.75, 3.05) is 7.05 Å². The molecule has 0 radical (unpaired) electrons. The van der Waals surface area contributed by atoms with E-state index in [1.54, 1.807) is 12.2 Å². The number of aliphatic carboxylic acids is 1. The number of carboxylic acid groups (broad SMARTS) is 1. The highest BCUT2D eigenvalue weighted by Crippen LogP contribution is 2.23. The Hall–Kier alpha value is -2.61. The number of rotatable bonds is 8. The standard InChI is InChI=1S/C19H24N2O5S/c1-12(22)20-16(11-15-4-3-9-27-15)18(24)21(2)17(19(25)26)10-13-5-7-14(23)8-6-13/h3-5,7-9,13,16-17,23H,6,10-11H2,1-2H3,(H,20,22)(H,25,26)/t13?,16-,17-/m0/s1. The van der Waals surface area contributed by atoms with Gasteiger partial charge < -0.3 is 20.4 Å². The van der Waals surface area contributed by atoms with Gasteiger partial charge >= 0.3 is 5.97 Å².